The van der Waals surface area contributed by atoms with Gasteiger partial charge in [-0.15, -0.1) is 11.3 Å². The predicted octanol–water partition coefficient (Wildman–Crippen LogP) is 3.56. The Balaban J connectivity index is 1.83. The maximum atomic E-state index is 12.5. The van der Waals surface area contributed by atoms with Crippen molar-refractivity contribution in [3.05, 3.63) is 79.2 Å². The Morgan fingerprint density at radius 2 is 1.68 bits per heavy atom. The van der Waals surface area contributed by atoms with Gasteiger partial charge in [0.1, 0.15) is 5.75 Å². The summed E-state index contributed by atoms with van der Waals surface area (Å²) in [5.41, 5.74) is 2.50. The van der Waals surface area contributed by atoms with Gasteiger partial charge in [-0.05, 0) is 60.9 Å². The zero-order chi connectivity index (χ0) is 22.2. The molecule has 3 aromatic rings. The number of carbonyl (C=O) groups excluding carboxylic acids is 1. The number of Topliss-reactive ketones (excluding diaryl/α,β-unsaturated/α-hetero) is 1. The van der Waals surface area contributed by atoms with E-state index in [0.717, 1.165) is 31.5 Å². The monoisotopic (exact) mass is 436 g/mol. The summed E-state index contributed by atoms with van der Waals surface area (Å²) in [4.78, 5) is 30.0. The van der Waals surface area contributed by atoms with Gasteiger partial charge in [0.15, 0.2) is 5.78 Å². The smallest absolute Gasteiger partial charge is 0.266 e. The molecule has 0 aliphatic rings. The largest absolute Gasteiger partial charge is 0.497 e. The molecule has 3 rings (SSSR count). The van der Waals surface area contributed by atoms with Crippen LogP contribution >= 0.6 is 11.3 Å². The topological polar surface area (TPSA) is 62.4 Å². The summed E-state index contributed by atoms with van der Waals surface area (Å²) in [6.07, 6.45) is 5.52. The molecule has 0 aliphatic heterocycles. The van der Waals surface area contributed by atoms with Crippen LogP contribution in [0.3, 0.4) is 0 Å². The second kappa shape index (κ2) is 10.8. The minimum absolute atomic E-state index is 0.164. The Labute approximate surface area is 186 Å². The number of nitrogens with zero attached hydrogens (tertiary/aromatic N) is 1. The number of hydrogen-bond donors (Lipinski definition) is 1. The van der Waals surface area contributed by atoms with Crippen LogP contribution in [0.5, 0.6) is 5.75 Å². The van der Waals surface area contributed by atoms with Gasteiger partial charge in [-0.25, -0.2) is 0 Å². The third kappa shape index (κ3) is 5.95. The molecule has 0 saturated heterocycles. The minimum Gasteiger partial charge on any atom is -0.497 e. The van der Waals surface area contributed by atoms with Gasteiger partial charge in [0.05, 0.1) is 16.3 Å². The molecule has 1 N–H and O–H groups in total. The van der Waals surface area contributed by atoms with Crippen LogP contribution in [0, 0.1) is 0 Å². The van der Waals surface area contributed by atoms with Gasteiger partial charge in [0.2, 0.25) is 0 Å². The van der Waals surface area contributed by atoms with Crippen molar-refractivity contribution in [1.29, 1.82) is 0 Å². The van der Waals surface area contributed by atoms with Gasteiger partial charge in [0.25, 0.3) is 5.56 Å². The maximum Gasteiger partial charge on any atom is 0.266 e. The van der Waals surface area contributed by atoms with Gasteiger partial charge in [-0.1, -0.05) is 26.0 Å². The van der Waals surface area contributed by atoms with Crippen molar-refractivity contribution in [3.8, 4) is 5.75 Å². The van der Waals surface area contributed by atoms with Crippen molar-refractivity contribution in [2.75, 3.05) is 25.1 Å². The summed E-state index contributed by atoms with van der Waals surface area (Å²) in [5, 5.41) is 0. The fraction of sp³-hybridized carbons (Fsp3) is 0.280. The molecule has 0 radical (unpaired) electrons. The Hall–Kier alpha value is -3.12. The van der Waals surface area contributed by atoms with Crippen LogP contribution in [-0.2, 0) is 0 Å². The molecule has 0 amide bonds. The molecular weight excluding hydrogens is 408 g/mol. The number of carbonyl (C=O) groups is 1. The van der Waals surface area contributed by atoms with Gasteiger partial charge in [-0.3, -0.25) is 9.59 Å². The van der Waals surface area contributed by atoms with E-state index in [1.165, 1.54) is 23.1 Å². The van der Waals surface area contributed by atoms with Gasteiger partial charge >= 0.3 is 0 Å². The van der Waals surface area contributed by atoms with E-state index in [1.807, 2.05) is 18.2 Å². The van der Waals surface area contributed by atoms with Crippen LogP contribution < -0.4 is 24.4 Å². The van der Waals surface area contributed by atoms with E-state index in [0.29, 0.717) is 20.5 Å². The number of H-pyrrole nitrogens is 1. The number of aromatic amines is 1. The first-order valence-electron chi connectivity index (χ1n) is 10.5. The first-order chi connectivity index (χ1) is 15.0. The summed E-state index contributed by atoms with van der Waals surface area (Å²) in [7, 11) is 1.58. The highest BCUT2D eigenvalue weighted by Crippen LogP contribution is 2.16. The van der Waals surface area contributed by atoms with E-state index in [9.17, 15) is 9.59 Å². The van der Waals surface area contributed by atoms with Crippen molar-refractivity contribution in [1.82, 2.24) is 4.98 Å². The molecule has 0 aliphatic carbocycles. The highest BCUT2D eigenvalue weighted by Gasteiger charge is 2.05. The SMILES string of the molecule is CCCN(CCC)c1ccc(/C=c2\s/c(=C\C(=O)c3ccc(OC)cc3)[nH]c2=O)cc1. The normalized spacial score (nSPS) is 12.2. The molecule has 0 unspecified atom stereocenters. The lowest BCUT2D eigenvalue weighted by Gasteiger charge is -2.23. The first-order valence-corrected chi connectivity index (χ1v) is 11.3. The number of anilines is 1. The van der Waals surface area contributed by atoms with Crippen molar-refractivity contribution < 1.29 is 9.53 Å². The molecule has 1 aromatic heterocycles. The summed E-state index contributed by atoms with van der Waals surface area (Å²) < 4.78 is 6.22. The molecule has 6 heteroatoms. The van der Waals surface area contributed by atoms with E-state index < -0.39 is 0 Å². The van der Waals surface area contributed by atoms with Gasteiger partial charge in [0, 0.05) is 30.4 Å². The van der Waals surface area contributed by atoms with Crippen molar-refractivity contribution in [3.63, 3.8) is 0 Å². The van der Waals surface area contributed by atoms with Crippen LogP contribution in [0.1, 0.15) is 42.6 Å². The standard InChI is InChI=1S/C25H28N2O3S/c1-4-14-27(15-5-2)20-10-6-18(7-11-20)16-23-25(29)26-24(31-23)17-22(28)19-8-12-21(30-3)13-9-19/h6-13,16-17H,4-5,14-15H2,1-3H3,(H,26,29)/b23-16-,24-17-. The highest BCUT2D eigenvalue weighted by atomic mass is 32.1. The summed E-state index contributed by atoms with van der Waals surface area (Å²) in [6, 6.07) is 15.1. The molecule has 0 spiro atoms. The zero-order valence-corrected chi connectivity index (χ0v) is 19.0. The molecule has 31 heavy (non-hydrogen) atoms. The van der Waals surface area contributed by atoms with Crippen molar-refractivity contribution in [2.24, 2.45) is 0 Å². The minimum atomic E-state index is -0.193. The van der Waals surface area contributed by atoms with Gasteiger partial charge in [-0.2, -0.15) is 0 Å². The molecule has 0 saturated carbocycles. The molecule has 5 nitrogen and oxygen atoms in total. The molecule has 162 valence electrons. The summed E-state index contributed by atoms with van der Waals surface area (Å²) >= 11 is 1.28. The average molecular weight is 437 g/mol. The van der Waals surface area contributed by atoms with E-state index in [1.54, 1.807) is 31.4 Å². The van der Waals surface area contributed by atoms with Crippen molar-refractivity contribution >= 4 is 35.0 Å². The summed E-state index contributed by atoms with van der Waals surface area (Å²) in [5.74, 6) is 0.527. The highest BCUT2D eigenvalue weighted by molar-refractivity contribution is 7.07. The number of methoxy groups -OCH3 is 1. The molecular formula is C25H28N2O3S. The molecule has 0 bridgehead atoms. The lowest BCUT2D eigenvalue weighted by Crippen LogP contribution is -2.24. The quantitative estimate of drug-likeness (QED) is 0.521. The number of benzene rings is 2. The van der Waals surface area contributed by atoms with Crippen molar-refractivity contribution in [2.45, 2.75) is 26.7 Å². The maximum absolute atomic E-state index is 12.5. The number of rotatable bonds is 9. The lowest BCUT2D eigenvalue weighted by molar-refractivity contribution is 0.106. The van der Waals surface area contributed by atoms with Crippen LogP contribution in [0.15, 0.2) is 53.3 Å². The second-order valence-electron chi connectivity index (χ2n) is 7.24. The number of ketones is 1. The number of hydrogen-bond acceptors (Lipinski definition) is 5. The van der Waals surface area contributed by atoms with E-state index in [2.05, 4.69) is 35.9 Å². The van der Waals surface area contributed by atoms with Gasteiger partial charge < -0.3 is 14.6 Å². The fourth-order valence-electron chi connectivity index (χ4n) is 3.32. The van der Waals surface area contributed by atoms with Crippen LogP contribution in [0.4, 0.5) is 5.69 Å². The third-order valence-electron chi connectivity index (χ3n) is 4.86. The number of thiazole rings is 1. The Kier molecular flexibility index (Phi) is 7.84. The molecule has 0 fully saturated rings. The first kappa shape index (κ1) is 22.6. The second-order valence-corrected chi connectivity index (χ2v) is 8.33. The predicted molar refractivity (Wildman–Crippen MR) is 129 cm³/mol. The fourth-order valence-corrected chi connectivity index (χ4v) is 4.21. The average Bonchev–Trinajstić information content (AvgIpc) is 3.12. The molecule has 2 aromatic carbocycles. The Morgan fingerprint density at radius 1 is 1.03 bits per heavy atom. The van der Waals surface area contributed by atoms with Crippen LogP contribution in [0.2, 0.25) is 0 Å². The number of aromatic nitrogens is 1. The summed E-state index contributed by atoms with van der Waals surface area (Å²) in [6.45, 7) is 6.43. The molecule has 1 heterocycles. The lowest BCUT2D eigenvalue weighted by atomic mass is 10.1. The van der Waals surface area contributed by atoms with E-state index in [4.69, 9.17) is 4.74 Å². The van der Waals surface area contributed by atoms with E-state index >= 15 is 0 Å². The Morgan fingerprint density at radius 3 is 2.26 bits per heavy atom. The number of ether oxygens (including phenoxy) is 1. The van der Waals surface area contributed by atoms with Crippen LogP contribution in [-0.4, -0.2) is 31.0 Å². The van der Waals surface area contributed by atoms with Crippen LogP contribution in [0.25, 0.3) is 12.2 Å². The third-order valence-corrected chi connectivity index (χ3v) is 5.82. The van der Waals surface area contributed by atoms with E-state index in [-0.39, 0.29) is 11.3 Å². The number of nitrogens with one attached hydrogen (secondary N) is 1. The Bertz CT molecular complexity index is 1170. The zero-order valence-electron chi connectivity index (χ0n) is 18.2. The molecule has 0 atom stereocenters.